The summed E-state index contributed by atoms with van der Waals surface area (Å²) in [6.07, 6.45) is 1.34. The molecule has 1 atom stereocenters. The molecule has 0 saturated carbocycles. The third-order valence-corrected chi connectivity index (χ3v) is 4.29. The molecule has 1 heterocycles. The molecular formula is C15H19ClFNO2. The molecule has 0 amide bonds. The van der Waals surface area contributed by atoms with E-state index < -0.39 is 5.97 Å². The maximum absolute atomic E-state index is 13.2. The van der Waals surface area contributed by atoms with E-state index in [2.05, 4.69) is 4.90 Å². The summed E-state index contributed by atoms with van der Waals surface area (Å²) in [6.45, 7) is 3.89. The first-order valence-corrected chi connectivity index (χ1v) is 7.26. The minimum atomic E-state index is -0.707. The first-order chi connectivity index (χ1) is 9.47. The predicted octanol–water partition coefficient (Wildman–Crippen LogP) is 3.21. The molecule has 0 aliphatic carbocycles. The standard InChI is InChI=1S/C15H19ClFNO2/c1-10-8-12(2-3-14(10)17)13(16)9-18-6-4-11(5-7-18)15(19)20/h2-3,8,11,13H,4-7,9H2,1H3,(H,19,20). The minimum Gasteiger partial charge on any atom is -0.481 e. The van der Waals surface area contributed by atoms with Gasteiger partial charge in [0.15, 0.2) is 0 Å². The zero-order valence-corrected chi connectivity index (χ0v) is 12.2. The van der Waals surface area contributed by atoms with Crippen molar-refractivity contribution in [1.29, 1.82) is 0 Å². The third kappa shape index (κ3) is 3.70. The molecule has 1 aliphatic heterocycles. The van der Waals surface area contributed by atoms with Crippen LogP contribution in [0.1, 0.15) is 29.3 Å². The monoisotopic (exact) mass is 299 g/mol. The number of piperidine rings is 1. The zero-order chi connectivity index (χ0) is 14.7. The second kappa shape index (κ2) is 6.55. The van der Waals surface area contributed by atoms with Crippen molar-refractivity contribution in [3.05, 3.63) is 35.1 Å². The smallest absolute Gasteiger partial charge is 0.306 e. The highest BCUT2D eigenvalue weighted by Crippen LogP contribution is 2.26. The normalized spacial score (nSPS) is 18.9. The first kappa shape index (κ1) is 15.3. The first-order valence-electron chi connectivity index (χ1n) is 6.82. The summed E-state index contributed by atoms with van der Waals surface area (Å²) in [5.41, 5.74) is 1.50. The number of benzene rings is 1. The number of aliphatic carboxylic acids is 1. The lowest BCUT2D eigenvalue weighted by Gasteiger charge is -2.31. The van der Waals surface area contributed by atoms with Crippen LogP contribution < -0.4 is 0 Å². The summed E-state index contributed by atoms with van der Waals surface area (Å²) in [6, 6.07) is 4.93. The number of likely N-dealkylation sites (tertiary alicyclic amines) is 1. The van der Waals surface area contributed by atoms with E-state index in [1.165, 1.54) is 6.07 Å². The molecule has 0 bridgehead atoms. The van der Waals surface area contributed by atoms with Crippen molar-refractivity contribution in [3.8, 4) is 0 Å². The maximum atomic E-state index is 13.2. The van der Waals surface area contributed by atoms with Crippen LogP contribution in [0.25, 0.3) is 0 Å². The van der Waals surface area contributed by atoms with Gasteiger partial charge in [-0.15, -0.1) is 11.6 Å². The van der Waals surface area contributed by atoms with E-state index in [-0.39, 0.29) is 17.1 Å². The van der Waals surface area contributed by atoms with Crippen LogP contribution in [0, 0.1) is 18.7 Å². The van der Waals surface area contributed by atoms with Crippen LogP contribution in [0.15, 0.2) is 18.2 Å². The number of hydrogen-bond donors (Lipinski definition) is 1. The van der Waals surface area contributed by atoms with Gasteiger partial charge in [-0.3, -0.25) is 4.79 Å². The van der Waals surface area contributed by atoms with Crippen molar-refractivity contribution >= 4 is 17.6 Å². The van der Waals surface area contributed by atoms with E-state index in [0.717, 1.165) is 18.7 Å². The Hall–Kier alpha value is -1.13. The van der Waals surface area contributed by atoms with Gasteiger partial charge in [0.05, 0.1) is 11.3 Å². The van der Waals surface area contributed by atoms with Gasteiger partial charge in [0, 0.05) is 6.54 Å². The van der Waals surface area contributed by atoms with Gasteiger partial charge in [0.2, 0.25) is 0 Å². The Morgan fingerprint density at radius 2 is 2.15 bits per heavy atom. The molecule has 1 saturated heterocycles. The Morgan fingerprint density at radius 1 is 1.50 bits per heavy atom. The van der Waals surface area contributed by atoms with Crippen molar-refractivity contribution in [1.82, 2.24) is 4.90 Å². The number of halogens is 2. The molecule has 0 aromatic heterocycles. The summed E-state index contributed by atoms with van der Waals surface area (Å²) < 4.78 is 13.2. The van der Waals surface area contributed by atoms with Crippen LogP contribution in [0.3, 0.4) is 0 Å². The number of carboxylic acids is 1. The number of nitrogens with zero attached hydrogens (tertiary/aromatic N) is 1. The van der Waals surface area contributed by atoms with E-state index in [0.29, 0.717) is 24.9 Å². The Labute approximate surface area is 123 Å². The molecule has 0 spiro atoms. The summed E-state index contributed by atoms with van der Waals surface area (Å²) in [4.78, 5) is 13.1. The van der Waals surface area contributed by atoms with Crippen molar-refractivity contribution in [2.24, 2.45) is 5.92 Å². The van der Waals surface area contributed by atoms with Crippen LogP contribution in [-0.2, 0) is 4.79 Å². The van der Waals surface area contributed by atoms with Crippen molar-refractivity contribution < 1.29 is 14.3 Å². The van der Waals surface area contributed by atoms with Gasteiger partial charge in [-0.25, -0.2) is 4.39 Å². The van der Waals surface area contributed by atoms with Crippen LogP contribution >= 0.6 is 11.6 Å². The molecule has 1 unspecified atom stereocenters. The molecule has 110 valence electrons. The molecule has 20 heavy (non-hydrogen) atoms. The summed E-state index contributed by atoms with van der Waals surface area (Å²) >= 11 is 6.38. The van der Waals surface area contributed by atoms with Gasteiger partial charge in [-0.2, -0.15) is 0 Å². The van der Waals surface area contributed by atoms with Gasteiger partial charge in [0.1, 0.15) is 5.82 Å². The highest BCUT2D eigenvalue weighted by molar-refractivity contribution is 6.21. The Bertz CT molecular complexity index is 487. The number of carboxylic acid groups (broad SMARTS) is 1. The van der Waals surface area contributed by atoms with Crippen LogP contribution in [0.2, 0.25) is 0 Å². The average molecular weight is 300 g/mol. The number of hydrogen-bond acceptors (Lipinski definition) is 2. The van der Waals surface area contributed by atoms with E-state index in [9.17, 15) is 9.18 Å². The third-order valence-electron chi connectivity index (χ3n) is 3.90. The average Bonchev–Trinajstić information content (AvgIpc) is 2.42. The molecule has 5 heteroatoms. The van der Waals surface area contributed by atoms with Gasteiger partial charge in [0.25, 0.3) is 0 Å². The zero-order valence-electron chi connectivity index (χ0n) is 11.5. The van der Waals surface area contributed by atoms with E-state index in [4.69, 9.17) is 16.7 Å². The summed E-state index contributed by atoms with van der Waals surface area (Å²) in [5, 5.41) is 8.76. The minimum absolute atomic E-state index is 0.198. The fourth-order valence-electron chi connectivity index (χ4n) is 2.56. The molecule has 1 aliphatic rings. The summed E-state index contributed by atoms with van der Waals surface area (Å²) in [7, 11) is 0. The highest BCUT2D eigenvalue weighted by atomic mass is 35.5. The molecule has 3 nitrogen and oxygen atoms in total. The lowest BCUT2D eigenvalue weighted by atomic mass is 9.96. The molecule has 1 aromatic carbocycles. The molecular weight excluding hydrogens is 281 g/mol. The van der Waals surface area contributed by atoms with Gasteiger partial charge in [-0.1, -0.05) is 12.1 Å². The Morgan fingerprint density at radius 3 is 2.70 bits per heavy atom. The van der Waals surface area contributed by atoms with E-state index in [1.807, 2.05) is 0 Å². The summed E-state index contributed by atoms with van der Waals surface area (Å²) in [5.74, 6) is -1.16. The van der Waals surface area contributed by atoms with Crippen molar-refractivity contribution in [3.63, 3.8) is 0 Å². The lowest BCUT2D eigenvalue weighted by Crippen LogP contribution is -2.37. The van der Waals surface area contributed by atoms with E-state index >= 15 is 0 Å². The van der Waals surface area contributed by atoms with Crippen molar-refractivity contribution in [2.45, 2.75) is 25.1 Å². The molecule has 1 N–H and O–H groups in total. The predicted molar refractivity (Wildman–Crippen MR) is 76.5 cm³/mol. The second-order valence-corrected chi connectivity index (χ2v) is 5.92. The second-order valence-electron chi connectivity index (χ2n) is 5.39. The molecule has 1 aromatic rings. The van der Waals surface area contributed by atoms with Crippen molar-refractivity contribution in [2.75, 3.05) is 19.6 Å². The largest absolute Gasteiger partial charge is 0.481 e. The maximum Gasteiger partial charge on any atom is 0.306 e. The lowest BCUT2D eigenvalue weighted by molar-refractivity contribution is -0.143. The van der Waals surface area contributed by atoms with Gasteiger partial charge < -0.3 is 10.0 Å². The SMILES string of the molecule is Cc1cc(C(Cl)CN2CCC(C(=O)O)CC2)ccc1F. The Kier molecular flexibility index (Phi) is 5.00. The van der Waals surface area contributed by atoms with Gasteiger partial charge in [-0.05, 0) is 50.0 Å². The van der Waals surface area contributed by atoms with Gasteiger partial charge >= 0.3 is 5.97 Å². The Balaban J connectivity index is 1.90. The fraction of sp³-hybridized carbons (Fsp3) is 0.533. The van der Waals surface area contributed by atoms with E-state index in [1.54, 1.807) is 19.1 Å². The molecule has 0 radical (unpaired) electrons. The fourth-order valence-corrected chi connectivity index (χ4v) is 2.89. The van der Waals surface area contributed by atoms with Crippen LogP contribution in [-0.4, -0.2) is 35.6 Å². The number of alkyl halides is 1. The van der Waals surface area contributed by atoms with Crippen LogP contribution in [0.4, 0.5) is 4.39 Å². The quantitative estimate of drug-likeness (QED) is 0.868. The number of aryl methyl sites for hydroxylation is 1. The molecule has 1 fully saturated rings. The number of rotatable bonds is 4. The molecule has 2 rings (SSSR count). The number of carbonyl (C=O) groups is 1. The highest BCUT2D eigenvalue weighted by Gasteiger charge is 2.25. The topological polar surface area (TPSA) is 40.5 Å². The van der Waals surface area contributed by atoms with Crippen LogP contribution in [0.5, 0.6) is 0 Å².